The van der Waals surface area contributed by atoms with Gasteiger partial charge in [0, 0.05) is 11.6 Å². The van der Waals surface area contributed by atoms with Crippen LogP contribution in [0.15, 0.2) is 54.6 Å². The first kappa shape index (κ1) is 12.3. The lowest BCUT2D eigenvalue weighted by atomic mass is 10.1. The molecule has 1 heterocycles. The van der Waals surface area contributed by atoms with Gasteiger partial charge >= 0.3 is 0 Å². The van der Waals surface area contributed by atoms with Crippen molar-refractivity contribution in [2.24, 2.45) is 0 Å². The Labute approximate surface area is 114 Å². The molecule has 0 bridgehead atoms. The first-order valence-electron chi connectivity index (χ1n) is 6.01. The lowest BCUT2D eigenvalue weighted by Gasteiger charge is -2.03. The molecule has 0 radical (unpaired) electrons. The van der Waals surface area contributed by atoms with Crippen molar-refractivity contribution >= 4 is 5.82 Å². The van der Waals surface area contributed by atoms with E-state index in [0.29, 0.717) is 17.2 Å². The molecule has 2 N–H and O–H groups in total. The summed E-state index contributed by atoms with van der Waals surface area (Å²) in [6.45, 7) is 0. The normalized spacial score (nSPS) is 10.7. The standard InChI is InChI=1S/C15H11F2N3/c16-11-6-4-10(5-7-11)14-9-15(18)20(19-14)13-3-1-2-12(17)8-13/h1-9H,18H2. The monoisotopic (exact) mass is 271 g/mol. The Morgan fingerprint density at radius 3 is 2.35 bits per heavy atom. The van der Waals surface area contributed by atoms with Crippen LogP contribution in [0.4, 0.5) is 14.6 Å². The highest BCUT2D eigenvalue weighted by molar-refractivity contribution is 5.63. The van der Waals surface area contributed by atoms with Crippen molar-refractivity contribution in [2.45, 2.75) is 0 Å². The van der Waals surface area contributed by atoms with Crippen LogP contribution in [0.2, 0.25) is 0 Å². The summed E-state index contributed by atoms with van der Waals surface area (Å²) in [5, 5.41) is 4.32. The Balaban J connectivity index is 2.05. The number of nitrogens with zero attached hydrogens (tertiary/aromatic N) is 2. The average Bonchev–Trinajstić information content (AvgIpc) is 2.82. The van der Waals surface area contributed by atoms with Crippen molar-refractivity contribution in [2.75, 3.05) is 5.73 Å². The maximum atomic E-state index is 13.2. The summed E-state index contributed by atoms with van der Waals surface area (Å²) in [6, 6.07) is 13.6. The summed E-state index contributed by atoms with van der Waals surface area (Å²) in [5.41, 5.74) is 7.78. The zero-order chi connectivity index (χ0) is 14.1. The molecule has 2 aromatic carbocycles. The maximum absolute atomic E-state index is 13.2. The van der Waals surface area contributed by atoms with E-state index >= 15 is 0 Å². The number of nitrogens with two attached hydrogens (primary N) is 1. The quantitative estimate of drug-likeness (QED) is 0.776. The van der Waals surface area contributed by atoms with Gasteiger partial charge in [0.1, 0.15) is 17.5 Å². The second-order valence-electron chi connectivity index (χ2n) is 4.35. The zero-order valence-electron chi connectivity index (χ0n) is 10.4. The van der Waals surface area contributed by atoms with E-state index in [0.717, 1.165) is 5.56 Å². The van der Waals surface area contributed by atoms with Crippen LogP contribution in [0.25, 0.3) is 16.9 Å². The molecule has 3 nitrogen and oxygen atoms in total. The molecule has 0 spiro atoms. The number of halogens is 2. The number of hydrogen-bond acceptors (Lipinski definition) is 2. The molecule has 0 amide bonds. The first-order chi connectivity index (χ1) is 9.63. The SMILES string of the molecule is Nc1cc(-c2ccc(F)cc2)nn1-c1cccc(F)c1. The highest BCUT2D eigenvalue weighted by Crippen LogP contribution is 2.23. The summed E-state index contributed by atoms with van der Waals surface area (Å²) >= 11 is 0. The second-order valence-corrected chi connectivity index (χ2v) is 4.35. The molecule has 1 aromatic heterocycles. The van der Waals surface area contributed by atoms with Crippen LogP contribution in [0, 0.1) is 11.6 Å². The number of rotatable bonds is 2. The van der Waals surface area contributed by atoms with Crippen molar-refractivity contribution in [1.29, 1.82) is 0 Å². The van der Waals surface area contributed by atoms with Crippen molar-refractivity contribution in [3.05, 3.63) is 66.2 Å². The molecule has 0 unspecified atom stereocenters. The van der Waals surface area contributed by atoms with E-state index in [-0.39, 0.29) is 11.6 Å². The molecule has 0 aliphatic heterocycles. The number of aromatic nitrogens is 2. The van der Waals surface area contributed by atoms with Gasteiger partial charge in [-0.2, -0.15) is 5.10 Å². The summed E-state index contributed by atoms with van der Waals surface area (Å²) < 4.78 is 27.6. The van der Waals surface area contributed by atoms with Crippen molar-refractivity contribution in [3.63, 3.8) is 0 Å². The number of nitrogen functional groups attached to an aromatic ring is 1. The molecule has 20 heavy (non-hydrogen) atoms. The van der Waals surface area contributed by atoms with E-state index < -0.39 is 0 Å². The smallest absolute Gasteiger partial charge is 0.127 e. The highest BCUT2D eigenvalue weighted by Gasteiger charge is 2.09. The molecule has 3 aromatic rings. The molecule has 0 fully saturated rings. The third-order valence-corrected chi connectivity index (χ3v) is 2.93. The largest absolute Gasteiger partial charge is 0.384 e. The Bertz CT molecular complexity index is 748. The topological polar surface area (TPSA) is 43.8 Å². The number of anilines is 1. The van der Waals surface area contributed by atoms with Gasteiger partial charge in [-0.1, -0.05) is 6.07 Å². The molecule has 0 atom stereocenters. The van der Waals surface area contributed by atoms with Gasteiger partial charge in [0.2, 0.25) is 0 Å². The first-order valence-corrected chi connectivity index (χ1v) is 6.01. The zero-order valence-corrected chi connectivity index (χ0v) is 10.4. The van der Waals surface area contributed by atoms with Gasteiger partial charge in [0.15, 0.2) is 0 Å². The van der Waals surface area contributed by atoms with Gasteiger partial charge in [-0.3, -0.25) is 0 Å². The molecule has 0 saturated carbocycles. The predicted molar refractivity (Wildman–Crippen MR) is 73.3 cm³/mol. The van der Waals surface area contributed by atoms with E-state index in [9.17, 15) is 8.78 Å². The molecular weight excluding hydrogens is 260 g/mol. The minimum absolute atomic E-state index is 0.314. The molecule has 0 aliphatic rings. The summed E-state index contributed by atoms with van der Waals surface area (Å²) in [5.74, 6) is -0.290. The Hall–Kier alpha value is -2.69. The van der Waals surface area contributed by atoms with Gasteiger partial charge in [0.25, 0.3) is 0 Å². The molecule has 3 rings (SSSR count). The number of benzene rings is 2. The van der Waals surface area contributed by atoms with Crippen LogP contribution >= 0.6 is 0 Å². The van der Waals surface area contributed by atoms with Gasteiger partial charge in [-0.25, -0.2) is 13.5 Å². The van der Waals surface area contributed by atoms with Gasteiger partial charge in [0.05, 0.1) is 11.4 Å². The molecular formula is C15H11F2N3. The average molecular weight is 271 g/mol. The minimum Gasteiger partial charge on any atom is -0.384 e. The Morgan fingerprint density at radius 2 is 1.65 bits per heavy atom. The van der Waals surface area contributed by atoms with Crippen LogP contribution in [0.3, 0.4) is 0 Å². The van der Waals surface area contributed by atoms with Crippen molar-refractivity contribution < 1.29 is 8.78 Å². The van der Waals surface area contributed by atoms with Crippen molar-refractivity contribution in [3.8, 4) is 16.9 Å². The van der Waals surface area contributed by atoms with Gasteiger partial charge in [-0.15, -0.1) is 0 Å². The molecule has 100 valence electrons. The third-order valence-electron chi connectivity index (χ3n) is 2.93. The molecule has 0 saturated heterocycles. The Morgan fingerprint density at radius 1 is 0.900 bits per heavy atom. The lowest BCUT2D eigenvalue weighted by Crippen LogP contribution is -2.01. The van der Waals surface area contributed by atoms with Gasteiger partial charge in [-0.05, 0) is 42.5 Å². The van der Waals surface area contributed by atoms with Crippen LogP contribution < -0.4 is 5.73 Å². The summed E-state index contributed by atoms with van der Waals surface area (Å²) in [4.78, 5) is 0. The fraction of sp³-hybridized carbons (Fsp3) is 0. The fourth-order valence-corrected chi connectivity index (χ4v) is 1.97. The van der Waals surface area contributed by atoms with Gasteiger partial charge < -0.3 is 5.73 Å². The van der Waals surface area contributed by atoms with Crippen LogP contribution in [-0.4, -0.2) is 9.78 Å². The molecule has 0 aliphatic carbocycles. The van der Waals surface area contributed by atoms with E-state index in [1.54, 1.807) is 30.3 Å². The van der Waals surface area contributed by atoms with E-state index in [2.05, 4.69) is 5.10 Å². The summed E-state index contributed by atoms with van der Waals surface area (Å²) in [6.07, 6.45) is 0. The van der Waals surface area contributed by atoms with E-state index in [4.69, 9.17) is 5.73 Å². The second kappa shape index (κ2) is 4.77. The third kappa shape index (κ3) is 2.25. The minimum atomic E-state index is -0.360. The fourth-order valence-electron chi connectivity index (χ4n) is 1.97. The predicted octanol–water partition coefficient (Wildman–Crippen LogP) is 3.40. The van der Waals surface area contributed by atoms with Crippen molar-refractivity contribution in [1.82, 2.24) is 9.78 Å². The maximum Gasteiger partial charge on any atom is 0.127 e. The Kier molecular flexibility index (Phi) is 2.95. The van der Waals surface area contributed by atoms with E-state index in [1.165, 1.54) is 28.9 Å². The highest BCUT2D eigenvalue weighted by atomic mass is 19.1. The molecule has 5 heteroatoms. The summed E-state index contributed by atoms with van der Waals surface area (Å²) in [7, 11) is 0. The van der Waals surface area contributed by atoms with E-state index in [1.807, 2.05) is 0 Å². The number of hydrogen-bond donors (Lipinski definition) is 1. The van der Waals surface area contributed by atoms with Crippen LogP contribution in [0.1, 0.15) is 0 Å². The lowest BCUT2D eigenvalue weighted by molar-refractivity contribution is 0.625. The van der Waals surface area contributed by atoms with Crippen LogP contribution in [-0.2, 0) is 0 Å². The van der Waals surface area contributed by atoms with Crippen LogP contribution in [0.5, 0.6) is 0 Å².